The van der Waals surface area contributed by atoms with E-state index in [1.54, 1.807) is 0 Å². The first-order valence-corrected chi connectivity index (χ1v) is 11.6. The van der Waals surface area contributed by atoms with Gasteiger partial charge in [-0.3, -0.25) is 9.80 Å². The van der Waals surface area contributed by atoms with Crippen LogP contribution in [-0.4, -0.2) is 85.7 Å². The van der Waals surface area contributed by atoms with E-state index in [1.807, 2.05) is 24.3 Å². The van der Waals surface area contributed by atoms with Crippen LogP contribution in [-0.2, 0) is 15.9 Å². The second kappa shape index (κ2) is 9.87. The second-order valence-electron chi connectivity index (χ2n) is 8.87. The summed E-state index contributed by atoms with van der Waals surface area (Å²) in [5, 5.41) is 21.5. The van der Waals surface area contributed by atoms with Crippen LogP contribution >= 0.6 is 0 Å². The van der Waals surface area contributed by atoms with E-state index in [2.05, 4.69) is 21.9 Å². The van der Waals surface area contributed by atoms with E-state index in [-0.39, 0.29) is 0 Å². The number of ether oxygens (including phenoxy) is 3. The van der Waals surface area contributed by atoms with Crippen molar-refractivity contribution in [1.82, 2.24) is 9.80 Å². The molecule has 0 aliphatic carbocycles. The minimum absolute atomic E-state index is 0.540. The van der Waals surface area contributed by atoms with Gasteiger partial charge in [0.15, 0.2) is 0 Å². The zero-order valence-electron chi connectivity index (χ0n) is 18.4. The van der Waals surface area contributed by atoms with Gasteiger partial charge in [0.05, 0.1) is 38.6 Å². The van der Waals surface area contributed by atoms with Gasteiger partial charge in [0, 0.05) is 45.7 Å². The van der Waals surface area contributed by atoms with E-state index in [0.29, 0.717) is 13.1 Å². The second-order valence-corrected chi connectivity index (χ2v) is 8.87. The summed E-state index contributed by atoms with van der Waals surface area (Å²) in [5.74, 6) is 1.67. The fraction of sp³-hybridized carbons (Fsp3) is 0.520. The molecule has 0 bridgehead atoms. The third-order valence-corrected chi connectivity index (χ3v) is 6.61. The van der Waals surface area contributed by atoms with Gasteiger partial charge in [0.25, 0.3) is 0 Å². The monoisotopic (exact) mass is 440 g/mol. The zero-order chi connectivity index (χ0) is 21.9. The number of hydrogen-bond acceptors (Lipinski definition) is 7. The number of morpholine rings is 2. The molecule has 3 aliphatic rings. The van der Waals surface area contributed by atoms with Crippen LogP contribution in [0.1, 0.15) is 34.5 Å². The Morgan fingerprint density at radius 3 is 1.56 bits per heavy atom. The van der Waals surface area contributed by atoms with Gasteiger partial charge in [0.2, 0.25) is 0 Å². The number of rotatable bonds is 6. The first-order chi connectivity index (χ1) is 15.7. The largest absolute Gasteiger partial charge is 0.457 e. The van der Waals surface area contributed by atoms with Gasteiger partial charge >= 0.3 is 0 Å². The quantitative estimate of drug-likeness (QED) is 0.608. The Hall–Kier alpha value is -2.00. The molecule has 2 aromatic carbocycles. The first kappa shape index (κ1) is 21.8. The van der Waals surface area contributed by atoms with Crippen LogP contribution in [0, 0.1) is 0 Å². The molecule has 2 saturated heterocycles. The normalized spacial score (nSPS) is 21.3. The van der Waals surface area contributed by atoms with Gasteiger partial charge in [-0.15, -0.1) is 0 Å². The van der Waals surface area contributed by atoms with Gasteiger partial charge in [-0.25, -0.2) is 0 Å². The van der Waals surface area contributed by atoms with Crippen LogP contribution in [0.5, 0.6) is 11.5 Å². The average molecular weight is 441 g/mol. The maximum atomic E-state index is 10.8. The van der Waals surface area contributed by atoms with E-state index in [0.717, 1.165) is 92.8 Å². The molecule has 3 aliphatic heterocycles. The van der Waals surface area contributed by atoms with Crippen molar-refractivity contribution in [3.05, 3.63) is 58.7 Å². The lowest BCUT2D eigenvalue weighted by Gasteiger charge is -2.29. The average Bonchev–Trinajstić information content (AvgIpc) is 2.83. The number of benzene rings is 2. The van der Waals surface area contributed by atoms with Crippen LogP contribution in [0.3, 0.4) is 0 Å². The molecule has 172 valence electrons. The summed E-state index contributed by atoms with van der Waals surface area (Å²) >= 11 is 0. The summed E-state index contributed by atoms with van der Waals surface area (Å²) in [6.45, 7) is 7.53. The Morgan fingerprint density at radius 2 is 1.12 bits per heavy atom. The van der Waals surface area contributed by atoms with Crippen LogP contribution < -0.4 is 4.74 Å². The van der Waals surface area contributed by atoms with Crippen molar-refractivity contribution in [3.63, 3.8) is 0 Å². The molecule has 2 atom stereocenters. The van der Waals surface area contributed by atoms with Crippen molar-refractivity contribution in [2.24, 2.45) is 0 Å². The van der Waals surface area contributed by atoms with Crippen molar-refractivity contribution in [3.8, 4) is 11.5 Å². The molecule has 0 spiro atoms. The minimum Gasteiger partial charge on any atom is -0.457 e. The highest BCUT2D eigenvalue weighted by Crippen LogP contribution is 2.38. The fourth-order valence-corrected chi connectivity index (χ4v) is 4.68. The van der Waals surface area contributed by atoms with Crippen LogP contribution in [0.25, 0.3) is 0 Å². The van der Waals surface area contributed by atoms with Gasteiger partial charge in [0.1, 0.15) is 11.5 Å². The van der Waals surface area contributed by atoms with Crippen LogP contribution in [0.2, 0.25) is 0 Å². The van der Waals surface area contributed by atoms with Crippen molar-refractivity contribution >= 4 is 0 Å². The van der Waals surface area contributed by atoms with Gasteiger partial charge in [-0.1, -0.05) is 12.1 Å². The highest BCUT2D eigenvalue weighted by atomic mass is 16.5. The molecule has 0 saturated carbocycles. The Morgan fingerprint density at radius 1 is 0.688 bits per heavy atom. The van der Waals surface area contributed by atoms with Gasteiger partial charge in [-0.05, 0) is 46.5 Å². The number of fused-ring (bicyclic) bond motifs is 2. The Kier molecular flexibility index (Phi) is 6.73. The lowest BCUT2D eigenvalue weighted by molar-refractivity contribution is 0.0142. The van der Waals surface area contributed by atoms with Crippen molar-refractivity contribution in [1.29, 1.82) is 0 Å². The van der Waals surface area contributed by atoms with E-state index in [1.165, 1.54) is 0 Å². The molecule has 0 amide bonds. The SMILES string of the molecule is OC(CN1CCOCC1)c1ccc2c(c1)Cc1cc(C(O)CN3CCOCC3)ccc1O2. The number of hydrogen-bond donors (Lipinski definition) is 2. The molecular formula is C25H32N2O5. The molecule has 2 unspecified atom stereocenters. The Balaban J connectivity index is 1.27. The molecule has 32 heavy (non-hydrogen) atoms. The first-order valence-electron chi connectivity index (χ1n) is 11.6. The Bertz CT molecular complexity index is 851. The molecular weight excluding hydrogens is 408 g/mol. The topological polar surface area (TPSA) is 74.6 Å². The third kappa shape index (κ3) is 4.98. The number of β-amino-alcohol motifs (C(OH)–C–C–N with tert-alkyl or cyclic N) is 2. The number of aliphatic hydroxyl groups excluding tert-OH is 2. The third-order valence-electron chi connectivity index (χ3n) is 6.61. The van der Waals surface area contributed by atoms with E-state index in [4.69, 9.17) is 14.2 Å². The number of aliphatic hydroxyl groups is 2. The molecule has 2 N–H and O–H groups in total. The standard InChI is InChI=1S/C25H32N2O5/c28-22(16-26-5-9-30-10-6-26)18-1-3-24-20(13-18)15-21-14-19(2-4-25(21)32-24)23(29)17-27-7-11-31-12-8-27/h1-4,13-14,22-23,28-29H,5-12,15-17H2. The molecule has 2 fully saturated rings. The van der Waals surface area contributed by atoms with Crippen molar-refractivity contribution in [2.75, 3.05) is 65.7 Å². The maximum absolute atomic E-state index is 10.8. The molecule has 7 heteroatoms. The molecule has 5 rings (SSSR count). The molecule has 3 heterocycles. The fourth-order valence-electron chi connectivity index (χ4n) is 4.68. The van der Waals surface area contributed by atoms with E-state index >= 15 is 0 Å². The van der Waals surface area contributed by atoms with Crippen molar-refractivity contribution < 1.29 is 24.4 Å². The summed E-state index contributed by atoms with van der Waals surface area (Å²) < 4.78 is 16.9. The van der Waals surface area contributed by atoms with Crippen molar-refractivity contribution in [2.45, 2.75) is 18.6 Å². The maximum Gasteiger partial charge on any atom is 0.130 e. The molecule has 0 radical (unpaired) electrons. The smallest absolute Gasteiger partial charge is 0.130 e. The summed E-state index contributed by atoms with van der Waals surface area (Å²) in [7, 11) is 0. The molecule has 2 aromatic rings. The molecule has 0 aromatic heterocycles. The van der Waals surface area contributed by atoms with Crippen LogP contribution in [0.4, 0.5) is 0 Å². The van der Waals surface area contributed by atoms with Crippen LogP contribution in [0.15, 0.2) is 36.4 Å². The summed E-state index contributed by atoms with van der Waals surface area (Å²) in [5.41, 5.74) is 3.95. The summed E-state index contributed by atoms with van der Waals surface area (Å²) in [6.07, 6.45) is -0.357. The lowest BCUT2D eigenvalue weighted by atomic mass is 9.94. The number of nitrogens with zero attached hydrogens (tertiary/aromatic N) is 2. The van der Waals surface area contributed by atoms with Gasteiger partial charge < -0.3 is 24.4 Å². The predicted octanol–water partition coefficient (Wildman–Crippen LogP) is 2.11. The molecule has 7 nitrogen and oxygen atoms in total. The predicted molar refractivity (Wildman–Crippen MR) is 120 cm³/mol. The summed E-state index contributed by atoms with van der Waals surface area (Å²) in [4.78, 5) is 4.48. The highest BCUT2D eigenvalue weighted by molar-refractivity contribution is 5.52. The van der Waals surface area contributed by atoms with E-state index < -0.39 is 12.2 Å². The van der Waals surface area contributed by atoms with Gasteiger partial charge in [-0.2, -0.15) is 0 Å². The Labute approximate surface area is 189 Å². The summed E-state index contributed by atoms with van der Waals surface area (Å²) in [6, 6.07) is 11.9. The van der Waals surface area contributed by atoms with E-state index in [9.17, 15) is 10.2 Å². The zero-order valence-corrected chi connectivity index (χ0v) is 18.4. The highest BCUT2D eigenvalue weighted by Gasteiger charge is 2.23. The minimum atomic E-state index is -0.540. The lowest BCUT2D eigenvalue weighted by Crippen LogP contribution is -2.38.